The molecule has 1 N–H and O–H groups in total. The van der Waals surface area contributed by atoms with Crippen molar-refractivity contribution in [2.24, 2.45) is 5.10 Å². The first-order valence-electron chi connectivity index (χ1n) is 10.0. The van der Waals surface area contributed by atoms with E-state index < -0.39 is 0 Å². The van der Waals surface area contributed by atoms with E-state index in [2.05, 4.69) is 10.5 Å². The van der Waals surface area contributed by atoms with Gasteiger partial charge >= 0.3 is 0 Å². The highest BCUT2D eigenvalue weighted by Crippen LogP contribution is 2.19. The van der Waals surface area contributed by atoms with Gasteiger partial charge in [-0.1, -0.05) is 84.9 Å². The summed E-state index contributed by atoms with van der Waals surface area (Å²) in [6.45, 7) is 0.497. The lowest BCUT2D eigenvalue weighted by Gasteiger charge is -2.07. The van der Waals surface area contributed by atoms with Gasteiger partial charge in [-0.3, -0.25) is 4.79 Å². The van der Waals surface area contributed by atoms with E-state index in [0.29, 0.717) is 12.2 Å². The average molecular weight is 406 g/mol. The van der Waals surface area contributed by atoms with E-state index in [1.54, 1.807) is 18.3 Å². The molecule has 0 atom stereocenters. The van der Waals surface area contributed by atoms with E-state index >= 15 is 0 Å². The number of carbonyl (C=O) groups is 1. The standard InChI is InChI=1S/C27H22N2O2/c30-27(25-16-14-24(15-17-25)23-11-5-2-6-12-23)29-28-19-22-10-7-13-26(18-22)31-20-21-8-3-1-4-9-21/h1-19H,20H2,(H,29,30)/b28-19-. The monoisotopic (exact) mass is 406 g/mol. The molecular formula is C27H22N2O2. The third-order valence-corrected chi connectivity index (χ3v) is 4.74. The summed E-state index contributed by atoms with van der Waals surface area (Å²) < 4.78 is 5.83. The number of rotatable bonds is 7. The van der Waals surface area contributed by atoms with Crippen LogP contribution in [0.1, 0.15) is 21.5 Å². The Labute approximate surface area is 181 Å². The molecule has 0 spiro atoms. The van der Waals surface area contributed by atoms with Crippen molar-refractivity contribution < 1.29 is 9.53 Å². The Morgan fingerprint density at radius 2 is 1.45 bits per heavy atom. The van der Waals surface area contributed by atoms with Crippen LogP contribution >= 0.6 is 0 Å². The highest BCUT2D eigenvalue weighted by atomic mass is 16.5. The second-order valence-corrected chi connectivity index (χ2v) is 6.99. The molecule has 4 rings (SSSR count). The van der Waals surface area contributed by atoms with Gasteiger partial charge in [-0.15, -0.1) is 0 Å². The van der Waals surface area contributed by atoms with Gasteiger partial charge in [0.15, 0.2) is 0 Å². The second-order valence-electron chi connectivity index (χ2n) is 6.99. The molecule has 0 aliphatic carbocycles. The first-order chi connectivity index (χ1) is 15.3. The number of hydrogen-bond acceptors (Lipinski definition) is 3. The summed E-state index contributed by atoms with van der Waals surface area (Å²) in [4.78, 5) is 12.4. The lowest BCUT2D eigenvalue weighted by molar-refractivity contribution is 0.0955. The molecule has 4 nitrogen and oxygen atoms in total. The van der Waals surface area contributed by atoms with Crippen LogP contribution in [0.4, 0.5) is 0 Å². The fraction of sp³-hybridized carbons (Fsp3) is 0.0370. The van der Waals surface area contributed by atoms with E-state index in [4.69, 9.17) is 4.74 Å². The number of amides is 1. The van der Waals surface area contributed by atoms with Crippen molar-refractivity contribution in [3.63, 3.8) is 0 Å². The fourth-order valence-corrected chi connectivity index (χ4v) is 3.10. The Morgan fingerprint density at radius 1 is 0.774 bits per heavy atom. The molecule has 0 unspecified atom stereocenters. The van der Waals surface area contributed by atoms with Gasteiger partial charge in [0, 0.05) is 5.56 Å². The predicted molar refractivity (Wildman–Crippen MR) is 124 cm³/mol. The molecule has 0 heterocycles. The zero-order valence-corrected chi connectivity index (χ0v) is 16.9. The first kappa shape index (κ1) is 20.1. The number of nitrogens with zero attached hydrogens (tertiary/aromatic N) is 1. The van der Waals surface area contributed by atoms with Crippen molar-refractivity contribution >= 4 is 12.1 Å². The van der Waals surface area contributed by atoms with E-state index in [0.717, 1.165) is 28.0 Å². The molecule has 0 radical (unpaired) electrons. The molecular weight excluding hydrogens is 384 g/mol. The zero-order valence-electron chi connectivity index (χ0n) is 16.9. The van der Waals surface area contributed by atoms with Gasteiger partial charge in [0.05, 0.1) is 6.21 Å². The number of hydrogen-bond donors (Lipinski definition) is 1. The van der Waals surface area contributed by atoms with Gasteiger partial charge in [0.2, 0.25) is 0 Å². The van der Waals surface area contributed by atoms with Crippen LogP contribution in [0.15, 0.2) is 114 Å². The van der Waals surface area contributed by atoms with Gasteiger partial charge in [-0.05, 0) is 46.5 Å². The molecule has 152 valence electrons. The summed E-state index contributed by atoms with van der Waals surface area (Å²) in [5.74, 6) is 0.489. The van der Waals surface area contributed by atoms with Crippen molar-refractivity contribution in [2.75, 3.05) is 0 Å². The lowest BCUT2D eigenvalue weighted by atomic mass is 10.0. The number of carbonyl (C=O) groups excluding carboxylic acids is 1. The Kier molecular flexibility index (Phi) is 6.51. The Morgan fingerprint density at radius 3 is 2.19 bits per heavy atom. The van der Waals surface area contributed by atoms with E-state index in [1.165, 1.54) is 0 Å². The van der Waals surface area contributed by atoms with E-state index in [1.807, 2.05) is 97.1 Å². The topological polar surface area (TPSA) is 50.7 Å². The van der Waals surface area contributed by atoms with Gasteiger partial charge in [-0.2, -0.15) is 5.10 Å². The third-order valence-electron chi connectivity index (χ3n) is 4.74. The minimum absolute atomic E-state index is 0.257. The average Bonchev–Trinajstić information content (AvgIpc) is 2.84. The minimum atomic E-state index is -0.257. The molecule has 4 aromatic carbocycles. The summed E-state index contributed by atoms with van der Waals surface area (Å²) in [6, 6.07) is 35.1. The number of nitrogens with one attached hydrogen (secondary N) is 1. The maximum atomic E-state index is 12.4. The summed E-state index contributed by atoms with van der Waals surface area (Å²) in [6.07, 6.45) is 1.60. The number of hydrazone groups is 1. The fourth-order valence-electron chi connectivity index (χ4n) is 3.10. The molecule has 4 aromatic rings. The number of ether oxygens (including phenoxy) is 1. The van der Waals surface area contributed by atoms with Gasteiger partial charge in [-0.25, -0.2) is 5.43 Å². The Balaban J connectivity index is 1.33. The quantitative estimate of drug-likeness (QED) is 0.316. The molecule has 0 saturated carbocycles. The molecule has 0 aliphatic heterocycles. The normalized spacial score (nSPS) is 10.7. The summed E-state index contributed by atoms with van der Waals surface area (Å²) >= 11 is 0. The molecule has 4 heteroatoms. The van der Waals surface area contributed by atoms with Crippen LogP contribution in [0.3, 0.4) is 0 Å². The van der Waals surface area contributed by atoms with Crippen molar-refractivity contribution in [3.05, 3.63) is 126 Å². The minimum Gasteiger partial charge on any atom is -0.489 e. The van der Waals surface area contributed by atoms with Gasteiger partial charge < -0.3 is 4.74 Å². The van der Waals surface area contributed by atoms with Gasteiger partial charge in [0.25, 0.3) is 5.91 Å². The molecule has 0 aliphatic rings. The van der Waals surface area contributed by atoms with E-state index in [-0.39, 0.29) is 5.91 Å². The maximum absolute atomic E-state index is 12.4. The summed E-state index contributed by atoms with van der Waals surface area (Å²) in [7, 11) is 0. The zero-order chi connectivity index (χ0) is 21.3. The molecule has 0 fully saturated rings. The molecule has 31 heavy (non-hydrogen) atoms. The molecule has 1 amide bonds. The molecule has 0 saturated heterocycles. The maximum Gasteiger partial charge on any atom is 0.271 e. The third kappa shape index (κ3) is 5.67. The van der Waals surface area contributed by atoms with Crippen molar-refractivity contribution in [2.45, 2.75) is 6.61 Å². The van der Waals surface area contributed by atoms with Crippen LogP contribution < -0.4 is 10.2 Å². The van der Waals surface area contributed by atoms with Crippen molar-refractivity contribution in [3.8, 4) is 16.9 Å². The van der Waals surface area contributed by atoms with Crippen LogP contribution in [0.2, 0.25) is 0 Å². The number of benzene rings is 4. The SMILES string of the molecule is O=C(N/N=C\c1cccc(OCc2ccccc2)c1)c1ccc(-c2ccccc2)cc1. The Hall–Kier alpha value is -4.18. The first-order valence-corrected chi connectivity index (χ1v) is 10.0. The molecule has 0 aromatic heterocycles. The van der Waals surface area contributed by atoms with Crippen LogP contribution in [0.5, 0.6) is 5.75 Å². The highest BCUT2D eigenvalue weighted by molar-refractivity contribution is 5.95. The van der Waals surface area contributed by atoms with Crippen LogP contribution in [-0.2, 0) is 6.61 Å². The lowest BCUT2D eigenvalue weighted by Crippen LogP contribution is -2.17. The van der Waals surface area contributed by atoms with Crippen LogP contribution in [-0.4, -0.2) is 12.1 Å². The van der Waals surface area contributed by atoms with Crippen LogP contribution in [0, 0.1) is 0 Å². The summed E-state index contributed by atoms with van der Waals surface area (Å²) in [5, 5.41) is 4.08. The van der Waals surface area contributed by atoms with Crippen molar-refractivity contribution in [1.82, 2.24) is 5.43 Å². The largest absolute Gasteiger partial charge is 0.489 e. The van der Waals surface area contributed by atoms with Crippen molar-refractivity contribution in [1.29, 1.82) is 0 Å². The van der Waals surface area contributed by atoms with Gasteiger partial charge in [0.1, 0.15) is 12.4 Å². The molecule has 0 bridgehead atoms. The van der Waals surface area contributed by atoms with E-state index in [9.17, 15) is 4.79 Å². The highest BCUT2D eigenvalue weighted by Gasteiger charge is 2.05. The Bertz CT molecular complexity index is 1150. The summed E-state index contributed by atoms with van der Waals surface area (Å²) in [5.41, 5.74) is 7.24. The smallest absolute Gasteiger partial charge is 0.271 e. The predicted octanol–water partition coefficient (Wildman–Crippen LogP) is 5.70. The van der Waals surface area contributed by atoms with Crippen LogP contribution in [0.25, 0.3) is 11.1 Å². The second kappa shape index (κ2) is 10.0.